The van der Waals surface area contributed by atoms with Crippen LogP contribution in [0, 0.1) is 0 Å². The van der Waals surface area contributed by atoms with Gasteiger partial charge in [0.05, 0.1) is 57.6 Å². The molecule has 7 nitrogen and oxygen atoms in total. The summed E-state index contributed by atoms with van der Waals surface area (Å²) in [6.45, 7) is 13.8. The molecule has 0 bridgehead atoms. The quantitative estimate of drug-likeness (QED) is 0.185. The lowest BCUT2D eigenvalue weighted by Gasteiger charge is -2.43. The second kappa shape index (κ2) is 17.1. The third-order valence-electron chi connectivity index (χ3n) is 13.9. The number of rotatable bonds is 2. The number of nitrogens with zero attached hydrogens (tertiary/aromatic N) is 6. The maximum atomic E-state index is 4.93. The lowest BCUT2D eigenvalue weighted by atomic mass is 9.73. The van der Waals surface area contributed by atoms with Crippen LogP contribution in [0.5, 0.6) is 0 Å². The fourth-order valence-electron chi connectivity index (χ4n) is 10.4. The van der Waals surface area contributed by atoms with Crippen LogP contribution in [0.2, 0.25) is 0 Å². The summed E-state index contributed by atoms with van der Waals surface area (Å²) in [6, 6.07) is 60.5. The summed E-state index contributed by atoms with van der Waals surface area (Å²) in [7, 11) is 0. The molecule has 3 aliphatic rings. The number of fused-ring (bicyclic) bond motifs is 8. The van der Waals surface area contributed by atoms with E-state index in [1.54, 1.807) is 0 Å². The number of hydrogen-bond donors (Lipinski definition) is 1. The minimum Gasteiger partial charge on any atom is -0.355 e. The molecule has 5 heterocycles. The zero-order chi connectivity index (χ0) is 47.0. The van der Waals surface area contributed by atoms with E-state index in [4.69, 9.17) is 8.75 Å². The van der Waals surface area contributed by atoms with Crippen molar-refractivity contribution in [2.75, 3.05) is 15.1 Å². The number of benzene rings is 8. The molecule has 0 fully saturated rings. The van der Waals surface area contributed by atoms with Crippen molar-refractivity contribution < 1.29 is 0 Å². The van der Waals surface area contributed by atoms with Crippen molar-refractivity contribution in [2.24, 2.45) is 0 Å². The number of nitrogens with one attached hydrogen (secondary N) is 1. The van der Waals surface area contributed by atoms with Gasteiger partial charge in [0, 0.05) is 36.6 Å². The molecule has 0 saturated heterocycles. The number of hydrogen-bond acceptors (Lipinski definition) is 9. The number of anilines is 8. The first-order valence-electron chi connectivity index (χ1n) is 22.6. The van der Waals surface area contributed by atoms with Gasteiger partial charge >= 0.3 is 0 Å². The third-order valence-corrected chi connectivity index (χ3v) is 16.3. The van der Waals surface area contributed by atoms with E-state index >= 15 is 0 Å². The van der Waals surface area contributed by atoms with Crippen molar-refractivity contribution in [2.45, 2.75) is 57.8 Å². The van der Waals surface area contributed by atoms with E-state index in [9.17, 15) is 0 Å². The van der Waals surface area contributed by atoms with Gasteiger partial charge in [-0.25, -0.2) is 0 Å². The molecule has 0 atom stereocenters. The topological polar surface area (TPSA) is 70.1 Å². The van der Waals surface area contributed by atoms with Crippen molar-refractivity contribution >= 4 is 123 Å². The van der Waals surface area contributed by atoms with Gasteiger partial charge in [-0.3, -0.25) is 0 Å². The van der Waals surface area contributed by atoms with Gasteiger partial charge in [0.15, 0.2) is 0 Å². The summed E-state index contributed by atoms with van der Waals surface area (Å²) < 4.78 is 20.1. The average molecular weight is 1050 g/mol. The Hall–Kier alpha value is -6.24. The highest BCUT2D eigenvalue weighted by molar-refractivity contribution is 9.11. The number of para-hydroxylation sites is 6. The Labute approximate surface area is 422 Å². The summed E-state index contributed by atoms with van der Waals surface area (Å²) >= 11 is 9.29. The average Bonchev–Trinajstić information content (AvgIpc) is 4.07. The Bertz CT molecular complexity index is 3230. The molecule has 0 radical (unpaired) electrons. The van der Waals surface area contributed by atoms with Crippen molar-refractivity contribution in [3.05, 3.63) is 212 Å². The monoisotopic (exact) mass is 1050 g/mol. The van der Waals surface area contributed by atoms with Crippen molar-refractivity contribution in [3.8, 4) is 0 Å². The molecule has 0 aliphatic carbocycles. The highest BCUT2D eigenvalue weighted by Gasteiger charge is 2.40. The Morgan fingerprint density at radius 3 is 0.971 bits per heavy atom. The molecule has 10 aromatic rings. The van der Waals surface area contributed by atoms with Crippen LogP contribution in [-0.4, -0.2) is 17.5 Å². The molecule has 0 unspecified atom stereocenters. The van der Waals surface area contributed by atoms with Gasteiger partial charge in [0.1, 0.15) is 22.1 Å². The predicted molar refractivity (Wildman–Crippen MR) is 292 cm³/mol. The van der Waals surface area contributed by atoms with Gasteiger partial charge in [0.25, 0.3) is 0 Å². The highest BCUT2D eigenvalue weighted by atomic mass is 79.9. The van der Waals surface area contributed by atoms with E-state index in [-0.39, 0.29) is 16.2 Å². The van der Waals surface area contributed by atoms with Gasteiger partial charge in [-0.05, 0) is 126 Å². The van der Waals surface area contributed by atoms with Crippen LogP contribution in [-0.2, 0) is 16.2 Å². The second-order valence-corrected chi connectivity index (χ2v) is 21.7. The molecule has 68 heavy (non-hydrogen) atoms. The van der Waals surface area contributed by atoms with Gasteiger partial charge in [-0.1, -0.05) is 151 Å². The Balaban J connectivity index is 0.000000152. The Morgan fingerprint density at radius 2 is 0.618 bits per heavy atom. The van der Waals surface area contributed by atoms with Gasteiger partial charge in [-0.2, -0.15) is 17.5 Å². The van der Waals surface area contributed by atoms with E-state index in [1.807, 2.05) is 12.1 Å². The van der Waals surface area contributed by atoms with E-state index < -0.39 is 0 Å². The van der Waals surface area contributed by atoms with E-state index in [0.29, 0.717) is 0 Å². The minimum atomic E-state index is -0.114. The summed E-state index contributed by atoms with van der Waals surface area (Å²) in [6.07, 6.45) is 0. The Morgan fingerprint density at radius 1 is 0.338 bits per heavy atom. The van der Waals surface area contributed by atoms with Crippen LogP contribution in [0.1, 0.15) is 74.9 Å². The normalized spacial score (nSPS) is 15.2. The molecule has 11 heteroatoms. The van der Waals surface area contributed by atoms with Crippen molar-refractivity contribution in [1.29, 1.82) is 0 Å². The fraction of sp³-hybridized carbons (Fsp3) is 0.158. The van der Waals surface area contributed by atoms with Crippen LogP contribution in [0.3, 0.4) is 0 Å². The fourth-order valence-corrected chi connectivity index (χ4v) is 12.6. The molecular weight excluding hydrogens is 1010 g/mol. The third kappa shape index (κ3) is 7.16. The standard InChI is InChI=1S/C36H30N4S.C15H15N.C6H2Br2N2S/c1-35(2)23-13-5-9-17-27(23)39(28-18-10-6-14-24(28)35)31-21-22-32(34-33(31)37-41-38-34)40-29-19-11-7-15-25(29)36(3,4)26-16-8-12-20-30(26)40;1-15(2)11-7-3-5-9-13(11)16-14-10-6-4-8-12(14)15;7-3-1-2-4(8)6-5(3)9-11-10-6/h5-22H,1-4H3;3-10,16H,1-2H3;1-2H. The Kier molecular flexibility index (Phi) is 11.1. The van der Waals surface area contributed by atoms with Gasteiger partial charge in [-0.15, -0.1) is 0 Å². The smallest absolute Gasteiger partial charge is 0.130 e. The van der Waals surface area contributed by atoms with Crippen LogP contribution in [0.4, 0.5) is 45.5 Å². The summed E-state index contributed by atoms with van der Waals surface area (Å²) in [5.41, 5.74) is 20.8. The molecule has 2 aromatic heterocycles. The molecule has 336 valence electrons. The summed E-state index contributed by atoms with van der Waals surface area (Å²) in [5.74, 6) is 0. The van der Waals surface area contributed by atoms with E-state index in [0.717, 1.165) is 42.4 Å². The lowest BCUT2D eigenvalue weighted by Crippen LogP contribution is -2.31. The van der Waals surface area contributed by atoms with Crippen molar-refractivity contribution in [3.63, 3.8) is 0 Å². The van der Waals surface area contributed by atoms with Crippen LogP contribution < -0.4 is 15.1 Å². The SMILES string of the molecule is Brc1ccc(Br)c2nsnc12.CC1(C)c2ccccc2N(c2ccc(N3c4ccccc4C(C)(C)c4ccccc43)c3nsnc23)c2ccccc21.CC1(C)c2ccccc2Nc2ccccc21. The predicted octanol–water partition coefficient (Wildman–Crippen LogP) is 17.2. The maximum Gasteiger partial charge on any atom is 0.130 e. The molecule has 0 spiro atoms. The lowest BCUT2D eigenvalue weighted by molar-refractivity contribution is 0.631. The largest absolute Gasteiger partial charge is 0.355 e. The zero-order valence-electron chi connectivity index (χ0n) is 38.4. The van der Waals surface area contributed by atoms with Crippen LogP contribution in [0.15, 0.2) is 179 Å². The summed E-state index contributed by atoms with van der Waals surface area (Å²) in [4.78, 5) is 4.76. The van der Waals surface area contributed by atoms with E-state index in [1.165, 1.54) is 91.0 Å². The molecule has 0 saturated carbocycles. The van der Waals surface area contributed by atoms with Crippen LogP contribution in [0.25, 0.3) is 22.1 Å². The van der Waals surface area contributed by atoms with Gasteiger partial charge < -0.3 is 15.1 Å². The molecule has 13 rings (SSSR count). The number of aromatic nitrogens is 4. The second-order valence-electron chi connectivity index (χ2n) is 18.9. The van der Waals surface area contributed by atoms with E-state index in [2.05, 4.69) is 255 Å². The molecule has 3 aliphatic heterocycles. The molecular formula is C57H47Br2N7S2. The van der Waals surface area contributed by atoms with Gasteiger partial charge in [0.2, 0.25) is 0 Å². The molecule has 1 N–H and O–H groups in total. The first-order valence-corrected chi connectivity index (χ1v) is 25.7. The maximum absolute atomic E-state index is 4.93. The van der Waals surface area contributed by atoms with Crippen molar-refractivity contribution in [1.82, 2.24) is 17.5 Å². The zero-order valence-corrected chi connectivity index (χ0v) is 43.2. The highest BCUT2D eigenvalue weighted by Crippen LogP contribution is 2.56. The number of halogens is 2. The summed E-state index contributed by atoms with van der Waals surface area (Å²) in [5, 5.41) is 3.50. The molecule has 8 aromatic carbocycles. The minimum absolute atomic E-state index is 0.0818. The first kappa shape index (κ1) is 44.3. The first-order chi connectivity index (χ1) is 32.9. The molecule has 0 amide bonds. The van der Waals surface area contributed by atoms with Crippen LogP contribution >= 0.6 is 55.3 Å².